The molecule has 0 bridgehead atoms. The first-order valence-corrected chi connectivity index (χ1v) is 11.2. The highest BCUT2D eigenvalue weighted by molar-refractivity contribution is 8.02. The van der Waals surface area contributed by atoms with Gasteiger partial charge in [-0.1, -0.05) is 60.1 Å². The topological polar surface area (TPSA) is 49.9 Å². The summed E-state index contributed by atoms with van der Waals surface area (Å²) < 4.78 is 5.25. The summed E-state index contributed by atoms with van der Waals surface area (Å²) in [5.74, 6) is 0.474. The smallest absolute Gasteiger partial charge is 0.269 e. The number of carbonyl (C=O) groups excluding carboxylic acids is 2. The maximum atomic E-state index is 14.0. The van der Waals surface area contributed by atoms with Crippen molar-refractivity contribution in [2.75, 3.05) is 22.7 Å². The van der Waals surface area contributed by atoms with Gasteiger partial charge in [0.1, 0.15) is 5.75 Å². The number of benzene rings is 3. The number of methoxy groups -OCH3 is 1. The molecule has 2 aliphatic rings. The fourth-order valence-electron chi connectivity index (χ4n) is 4.27. The second kappa shape index (κ2) is 7.62. The average Bonchev–Trinajstić information content (AvgIpc) is 3.25. The minimum absolute atomic E-state index is 0.125. The van der Waals surface area contributed by atoms with Crippen molar-refractivity contribution in [2.45, 2.75) is 11.4 Å². The Kier molecular flexibility index (Phi) is 4.91. The molecule has 1 unspecified atom stereocenters. The molecular weight excluding hydrogens is 432 g/mol. The lowest BCUT2D eigenvalue weighted by Gasteiger charge is -2.33. The van der Waals surface area contributed by atoms with Gasteiger partial charge in [0.15, 0.2) is 0 Å². The van der Waals surface area contributed by atoms with Crippen molar-refractivity contribution in [1.82, 2.24) is 0 Å². The maximum Gasteiger partial charge on any atom is 0.269 e. The number of anilines is 2. The number of carbonyl (C=O) groups is 2. The number of rotatable bonds is 4. The van der Waals surface area contributed by atoms with Crippen molar-refractivity contribution in [1.29, 1.82) is 0 Å². The number of fused-ring (bicyclic) bond motifs is 2. The van der Waals surface area contributed by atoms with Crippen LogP contribution in [0.15, 0.2) is 72.8 Å². The molecule has 1 fully saturated rings. The number of halogens is 1. The highest BCUT2D eigenvalue weighted by atomic mass is 35.5. The molecule has 5 nitrogen and oxygen atoms in total. The molecule has 3 aromatic rings. The van der Waals surface area contributed by atoms with Gasteiger partial charge >= 0.3 is 0 Å². The Bertz CT molecular complexity index is 1190. The van der Waals surface area contributed by atoms with Crippen molar-refractivity contribution in [3.8, 4) is 5.75 Å². The first kappa shape index (κ1) is 20.0. The van der Waals surface area contributed by atoms with Crippen LogP contribution in [0.1, 0.15) is 11.1 Å². The van der Waals surface area contributed by atoms with Crippen molar-refractivity contribution in [3.05, 3.63) is 88.9 Å². The van der Waals surface area contributed by atoms with E-state index in [0.29, 0.717) is 23.0 Å². The Hall–Kier alpha value is -2.96. The first-order valence-electron chi connectivity index (χ1n) is 9.82. The highest BCUT2D eigenvalue weighted by Crippen LogP contribution is 2.56. The molecule has 5 rings (SSSR count). The summed E-state index contributed by atoms with van der Waals surface area (Å²) in [6.45, 7) is 0.435. The number of ether oxygens (including phenoxy) is 1. The summed E-state index contributed by atoms with van der Waals surface area (Å²) >= 11 is 7.71. The number of thioether (sulfide) groups is 1. The average molecular weight is 451 g/mol. The molecule has 2 aliphatic heterocycles. The normalized spacial score (nSPS) is 19.9. The quantitative estimate of drug-likeness (QED) is 0.571. The van der Waals surface area contributed by atoms with Gasteiger partial charge in [-0.25, -0.2) is 0 Å². The van der Waals surface area contributed by atoms with Gasteiger partial charge < -0.3 is 9.64 Å². The van der Waals surface area contributed by atoms with Crippen LogP contribution in [0, 0.1) is 0 Å². The Morgan fingerprint density at radius 2 is 1.77 bits per heavy atom. The lowest BCUT2D eigenvalue weighted by Crippen LogP contribution is -2.49. The van der Waals surface area contributed by atoms with Crippen LogP contribution >= 0.6 is 23.4 Å². The van der Waals surface area contributed by atoms with Crippen LogP contribution in [-0.2, 0) is 21.0 Å². The molecule has 2 heterocycles. The second-order valence-corrected chi connectivity index (χ2v) is 8.95. The van der Waals surface area contributed by atoms with Gasteiger partial charge in [-0.05, 0) is 29.8 Å². The molecule has 0 radical (unpaired) electrons. The molecule has 0 aromatic heterocycles. The summed E-state index contributed by atoms with van der Waals surface area (Å²) in [4.78, 5) is 29.3. The third kappa shape index (κ3) is 3.01. The zero-order chi connectivity index (χ0) is 21.6. The molecule has 7 heteroatoms. The Balaban J connectivity index is 1.64. The van der Waals surface area contributed by atoms with E-state index in [1.807, 2.05) is 54.6 Å². The minimum atomic E-state index is -1.15. The molecule has 0 N–H and O–H groups in total. The van der Waals surface area contributed by atoms with E-state index in [1.54, 1.807) is 28.0 Å². The van der Waals surface area contributed by atoms with Crippen molar-refractivity contribution in [2.24, 2.45) is 0 Å². The Morgan fingerprint density at radius 3 is 2.52 bits per heavy atom. The number of amides is 2. The van der Waals surface area contributed by atoms with E-state index in [0.717, 1.165) is 16.8 Å². The predicted molar refractivity (Wildman–Crippen MR) is 124 cm³/mol. The summed E-state index contributed by atoms with van der Waals surface area (Å²) in [6.07, 6.45) is 0. The molecule has 1 atom stereocenters. The lowest BCUT2D eigenvalue weighted by atomic mass is 10.0. The monoisotopic (exact) mass is 450 g/mol. The van der Waals surface area contributed by atoms with Gasteiger partial charge in [-0.2, -0.15) is 0 Å². The third-order valence-electron chi connectivity index (χ3n) is 5.64. The maximum absolute atomic E-state index is 14.0. The molecule has 0 saturated carbocycles. The van der Waals surface area contributed by atoms with Gasteiger partial charge in [-0.3, -0.25) is 14.5 Å². The number of hydrogen-bond donors (Lipinski definition) is 0. The summed E-state index contributed by atoms with van der Waals surface area (Å²) in [7, 11) is 1.54. The van der Waals surface area contributed by atoms with Crippen LogP contribution in [0.25, 0.3) is 0 Å². The van der Waals surface area contributed by atoms with Gasteiger partial charge in [-0.15, -0.1) is 11.8 Å². The molecule has 3 aromatic carbocycles. The standard InChI is InChI=1S/C24H19ClN2O3S/c1-30-21-12-11-17(13-19(21)25)27-22(28)15-31-24(27)18-9-5-6-10-20(18)26(23(24)29)14-16-7-3-2-4-8-16/h2-13H,14-15H2,1H3. The summed E-state index contributed by atoms with van der Waals surface area (Å²) in [5, 5.41) is 0.389. The number of nitrogens with zero attached hydrogens (tertiary/aromatic N) is 2. The van der Waals surface area contributed by atoms with Crippen molar-refractivity contribution in [3.63, 3.8) is 0 Å². The summed E-state index contributed by atoms with van der Waals surface area (Å²) in [6, 6.07) is 22.7. The van der Waals surface area contributed by atoms with Crippen LogP contribution in [0.2, 0.25) is 5.02 Å². The van der Waals surface area contributed by atoms with E-state index in [9.17, 15) is 9.59 Å². The Labute approximate surface area is 189 Å². The largest absolute Gasteiger partial charge is 0.495 e. The molecule has 1 saturated heterocycles. The Morgan fingerprint density at radius 1 is 1.03 bits per heavy atom. The van der Waals surface area contributed by atoms with Gasteiger partial charge in [0, 0.05) is 11.3 Å². The number of hydrogen-bond acceptors (Lipinski definition) is 4. The van der Waals surface area contributed by atoms with Gasteiger partial charge in [0.25, 0.3) is 5.91 Å². The van der Waals surface area contributed by atoms with E-state index in [-0.39, 0.29) is 17.6 Å². The van der Waals surface area contributed by atoms with Crippen LogP contribution in [-0.4, -0.2) is 24.7 Å². The van der Waals surface area contributed by atoms with E-state index in [2.05, 4.69) is 0 Å². The van der Waals surface area contributed by atoms with Crippen molar-refractivity contribution < 1.29 is 14.3 Å². The fraction of sp³-hybridized carbons (Fsp3) is 0.167. The fourth-order valence-corrected chi connectivity index (χ4v) is 5.88. The zero-order valence-corrected chi connectivity index (χ0v) is 18.3. The molecular formula is C24H19ClN2O3S. The van der Waals surface area contributed by atoms with E-state index < -0.39 is 4.87 Å². The molecule has 156 valence electrons. The molecule has 31 heavy (non-hydrogen) atoms. The number of para-hydroxylation sites is 1. The zero-order valence-electron chi connectivity index (χ0n) is 16.7. The van der Waals surface area contributed by atoms with E-state index in [1.165, 1.54) is 18.9 Å². The minimum Gasteiger partial charge on any atom is -0.495 e. The van der Waals surface area contributed by atoms with Gasteiger partial charge in [0.05, 0.1) is 30.1 Å². The SMILES string of the molecule is COc1ccc(N2C(=O)CSC23C(=O)N(Cc2ccccc2)c2ccccc23)cc1Cl. The lowest BCUT2D eigenvalue weighted by molar-refractivity contribution is -0.123. The first-order chi connectivity index (χ1) is 15.1. The van der Waals surface area contributed by atoms with Crippen LogP contribution in [0.3, 0.4) is 0 Å². The van der Waals surface area contributed by atoms with Gasteiger partial charge in [0.2, 0.25) is 10.8 Å². The third-order valence-corrected chi connectivity index (χ3v) is 7.32. The highest BCUT2D eigenvalue weighted by Gasteiger charge is 2.60. The van der Waals surface area contributed by atoms with Crippen molar-refractivity contribution >= 4 is 46.6 Å². The second-order valence-electron chi connectivity index (χ2n) is 7.37. The van der Waals surface area contributed by atoms with Crippen LogP contribution in [0.4, 0.5) is 11.4 Å². The van der Waals surface area contributed by atoms with Crippen LogP contribution < -0.4 is 14.5 Å². The van der Waals surface area contributed by atoms with E-state index >= 15 is 0 Å². The molecule has 1 spiro atoms. The molecule has 0 aliphatic carbocycles. The summed E-state index contributed by atoms with van der Waals surface area (Å²) in [5.41, 5.74) is 3.24. The van der Waals surface area contributed by atoms with E-state index in [4.69, 9.17) is 16.3 Å². The predicted octanol–water partition coefficient (Wildman–Crippen LogP) is 4.83. The molecule has 2 amide bonds. The van der Waals surface area contributed by atoms with Crippen LogP contribution in [0.5, 0.6) is 5.75 Å².